The Labute approximate surface area is 128 Å². The van der Waals surface area contributed by atoms with Crippen molar-refractivity contribution in [3.05, 3.63) is 0 Å². The lowest BCUT2D eigenvalue weighted by Crippen LogP contribution is -2.52. The molecule has 2 aliphatic rings. The molecule has 0 unspecified atom stereocenters. The predicted molar refractivity (Wildman–Crippen MR) is 81.7 cm³/mol. The molecule has 0 aromatic carbocycles. The van der Waals surface area contributed by atoms with Gasteiger partial charge in [0.1, 0.15) is 0 Å². The molecular formula is C15H32N2O4. The summed E-state index contributed by atoms with van der Waals surface area (Å²) in [6, 6.07) is 0. The Morgan fingerprint density at radius 1 is 0.762 bits per heavy atom. The van der Waals surface area contributed by atoms with Gasteiger partial charge in [-0.15, -0.1) is 0 Å². The Hall–Kier alpha value is -0.240. The van der Waals surface area contributed by atoms with E-state index in [1.165, 1.54) is 0 Å². The van der Waals surface area contributed by atoms with E-state index in [2.05, 4.69) is 0 Å². The third-order valence-electron chi connectivity index (χ3n) is 3.59. The molecule has 2 aliphatic heterocycles. The molecule has 126 valence electrons. The molecule has 2 saturated heterocycles. The monoisotopic (exact) mass is 304 g/mol. The maximum atomic E-state index is 5.73. The van der Waals surface area contributed by atoms with Gasteiger partial charge in [-0.3, -0.25) is 0 Å². The Morgan fingerprint density at radius 2 is 1.10 bits per heavy atom. The van der Waals surface area contributed by atoms with E-state index >= 15 is 0 Å². The van der Waals surface area contributed by atoms with E-state index in [1.807, 2.05) is 13.8 Å². The molecule has 0 atom stereocenters. The van der Waals surface area contributed by atoms with Crippen LogP contribution in [0.3, 0.4) is 0 Å². The van der Waals surface area contributed by atoms with Crippen LogP contribution < -0.4 is 11.5 Å². The zero-order valence-electron chi connectivity index (χ0n) is 13.5. The van der Waals surface area contributed by atoms with Crippen LogP contribution in [0.25, 0.3) is 0 Å². The number of ether oxygens (including phenoxy) is 4. The summed E-state index contributed by atoms with van der Waals surface area (Å²) >= 11 is 0. The summed E-state index contributed by atoms with van der Waals surface area (Å²) in [4.78, 5) is 0. The molecule has 0 aromatic rings. The molecule has 0 amide bonds. The first-order chi connectivity index (χ1) is 10.3. The fourth-order valence-corrected chi connectivity index (χ4v) is 2.33. The Kier molecular flexibility index (Phi) is 9.39. The first-order valence-corrected chi connectivity index (χ1v) is 8.14. The molecule has 0 radical (unpaired) electrons. The zero-order chi connectivity index (χ0) is 15.6. The Morgan fingerprint density at radius 3 is 1.38 bits per heavy atom. The molecule has 1 spiro atoms. The normalized spacial score (nSPS) is 32.6. The first kappa shape index (κ1) is 18.8. The first-order valence-electron chi connectivity index (χ1n) is 8.14. The highest BCUT2D eigenvalue weighted by Crippen LogP contribution is 2.31. The molecule has 2 fully saturated rings. The van der Waals surface area contributed by atoms with Crippen LogP contribution in [0.5, 0.6) is 0 Å². The largest absolute Gasteiger partial charge is 0.352 e. The second-order valence-corrected chi connectivity index (χ2v) is 5.46. The summed E-state index contributed by atoms with van der Waals surface area (Å²) in [6.45, 7) is 7.86. The lowest BCUT2D eigenvalue weighted by molar-refractivity contribution is -0.304. The molecule has 0 bridgehead atoms. The highest BCUT2D eigenvalue weighted by atomic mass is 16.7. The molecule has 21 heavy (non-hydrogen) atoms. The van der Waals surface area contributed by atoms with E-state index < -0.39 is 0 Å². The van der Waals surface area contributed by atoms with Gasteiger partial charge >= 0.3 is 0 Å². The molecular weight excluding hydrogens is 272 g/mol. The third kappa shape index (κ3) is 6.18. The lowest BCUT2D eigenvalue weighted by Gasteiger charge is -2.43. The van der Waals surface area contributed by atoms with E-state index in [9.17, 15) is 0 Å². The van der Waals surface area contributed by atoms with Crippen molar-refractivity contribution in [2.75, 3.05) is 39.5 Å². The van der Waals surface area contributed by atoms with Gasteiger partial charge in [0.25, 0.3) is 0 Å². The second-order valence-electron chi connectivity index (χ2n) is 5.46. The maximum absolute atomic E-state index is 5.73. The molecule has 0 aromatic heterocycles. The van der Waals surface area contributed by atoms with Gasteiger partial charge in [-0.1, -0.05) is 13.8 Å². The minimum Gasteiger partial charge on any atom is -0.352 e. The van der Waals surface area contributed by atoms with Gasteiger partial charge in [0, 0.05) is 0 Å². The highest BCUT2D eigenvalue weighted by Gasteiger charge is 2.41. The van der Waals surface area contributed by atoms with Gasteiger partial charge in [0.2, 0.25) is 0 Å². The van der Waals surface area contributed by atoms with Crippen LogP contribution in [0.2, 0.25) is 0 Å². The zero-order valence-corrected chi connectivity index (χ0v) is 13.5. The molecule has 6 heteroatoms. The fraction of sp³-hybridized carbons (Fsp3) is 1.00. The molecule has 2 rings (SSSR count). The molecule has 6 nitrogen and oxygen atoms in total. The third-order valence-corrected chi connectivity index (χ3v) is 3.59. The van der Waals surface area contributed by atoms with Crippen LogP contribution in [0, 0.1) is 5.41 Å². The Balaban J connectivity index is 0.00000106. The van der Waals surface area contributed by atoms with Crippen molar-refractivity contribution in [2.45, 2.75) is 52.1 Å². The minimum atomic E-state index is -0.140. The number of nitrogens with two attached hydrogens (primary N) is 2. The fourth-order valence-electron chi connectivity index (χ4n) is 2.33. The topological polar surface area (TPSA) is 89.0 Å². The SMILES string of the molecule is CC.NCCCC1OCC2(CO1)COC(CCCN)OC2. The van der Waals surface area contributed by atoms with Crippen molar-refractivity contribution in [1.29, 1.82) is 0 Å². The van der Waals surface area contributed by atoms with Gasteiger partial charge in [-0.25, -0.2) is 0 Å². The van der Waals surface area contributed by atoms with Crippen molar-refractivity contribution in [1.82, 2.24) is 0 Å². The van der Waals surface area contributed by atoms with Crippen LogP contribution in [0.15, 0.2) is 0 Å². The smallest absolute Gasteiger partial charge is 0.157 e. The van der Waals surface area contributed by atoms with Crippen molar-refractivity contribution in [3.8, 4) is 0 Å². The van der Waals surface area contributed by atoms with Crippen LogP contribution in [-0.2, 0) is 18.9 Å². The number of rotatable bonds is 6. The quantitative estimate of drug-likeness (QED) is 0.767. The molecule has 4 N–H and O–H groups in total. The summed E-state index contributed by atoms with van der Waals surface area (Å²) in [5.74, 6) is 0. The summed E-state index contributed by atoms with van der Waals surface area (Å²) in [6.07, 6.45) is 3.31. The van der Waals surface area contributed by atoms with Gasteiger partial charge < -0.3 is 30.4 Å². The summed E-state index contributed by atoms with van der Waals surface area (Å²) < 4.78 is 22.9. The van der Waals surface area contributed by atoms with Gasteiger partial charge in [0.15, 0.2) is 12.6 Å². The molecule has 2 heterocycles. The summed E-state index contributed by atoms with van der Waals surface area (Å²) in [5.41, 5.74) is 10.8. The average molecular weight is 304 g/mol. The van der Waals surface area contributed by atoms with Crippen molar-refractivity contribution in [3.63, 3.8) is 0 Å². The summed E-state index contributed by atoms with van der Waals surface area (Å²) in [5, 5.41) is 0. The molecule has 0 saturated carbocycles. The molecule has 0 aliphatic carbocycles. The predicted octanol–water partition coefficient (Wildman–Crippen LogP) is 1.22. The van der Waals surface area contributed by atoms with Crippen molar-refractivity contribution in [2.24, 2.45) is 16.9 Å². The van der Waals surface area contributed by atoms with E-state index in [4.69, 9.17) is 30.4 Å². The van der Waals surface area contributed by atoms with Gasteiger partial charge in [-0.2, -0.15) is 0 Å². The highest BCUT2D eigenvalue weighted by molar-refractivity contribution is 4.84. The lowest BCUT2D eigenvalue weighted by atomic mass is 9.90. The average Bonchev–Trinajstić information content (AvgIpc) is 2.56. The van der Waals surface area contributed by atoms with Crippen molar-refractivity contribution >= 4 is 0 Å². The standard InChI is InChI=1S/C13H26N2O4.C2H6/c14-5-1-3-11-16-7-13(8-17-11)9-18-12(19-10-13)4-2-6-15;1-2/h11-12H,1-10,14-15H2;1-2H3. The van der Waals surface area contributed by atoms with Crippen LogP contribution >= 0.6 is 0 Å². The number of hydrogen-bond acceptors (Lipinski definition) is 6. The van der Waals surface area contributed by atoms with Gasteiger partial charge in [0.05, 0.1) is 31.8 Å². The van der Waals surface area contributed by atoms with Crippen LogP contribution in [0.1, 0.15) is 39.5 Å². The van der Waals surface area contributed by atoms with E-state index in [1.54, 1.807) is 0 Å². The maximum Gasteiger partial charge on any atom is 0.157 e. The number of hydrogen-bond donors (Lipinski definition) is 2. The van der Waals surface area contributed by atoms with E-state index in [0.29, 0.717) is 39.5 Å². The minimum absolute atomic E-state index is 0.121. The van der Waals surface area contributed by atoms with Crippen LogP contribution in [0.4, 0.5) is 0 Å². The van der Waals surface area contributed by atoms with E-state index in [-0.39, 0.29) is 18.0 Å². The Bertz CT molecular complexity index is 221. The van der Waals surface area contributed by atoms with Gasteiger partial charge in [-0.05, 0) is 38.8 Å². The second kappa shape index (κ2) is 10.5. The van der Waals surface area contributed by atoms with Crippen molar-refractivity contribution < 1.29 is 18.9 Å². The van der Waals surface area contributed by atoms with Crippen LogP contribution in [-0.4, -0.2) is 52.1 Å². The van der Waals surface area contributed by atoms with E-state index in [0.717, 1.165) is 25.7 Å². The summed E-state index contributed by atoms with van der Waals surface area (Å²) in [7, 11) is 0.